The van der Waals surface area contributed by atoms with Crippen molar-refractivity contribution < 1.29 is 26.7 Å². The molecule has 1 aromatic carbocycles. The van der Waals surface area contributed by atoms with Gasteiger partial charge in [0.15, 0.2) is 11.5 Å². The Kier molecular flexibility index (Phi) is 6.82. The number of amides is 1. The summed E-state index contributed by atoms with van der Waals surface area (Å²) in [5, 5.41) is 12.1. The largest absolute Gasteiger partial charge is 0.436 e. The number of hydrogen-bond acceptors (Lipinski definition) is 7. The fourth-order valence-electron chi connectivity index (χ4n) is 3.18. The standard InChI is InChI=1S/C23H17F5N8O/c1-3-19(37)32-13-4-5-16(24)18(7-13)34-21-15(12-6-17(25)20(29-8-12)23(26,27)28)10-30-22(35-21)33-14-9-31-36(2)11-14/h3-11H,1H2,2H3,(H,32,37)(H2,30,33,34,35). The first kappa shape index (κ1) is 25.2. The lowest BCUT2D eigenvalue weighted by Gasteiger charge is -2.15. The first-order chi connectivity index (χ1) is 17.5. The van der Waals surface area contributed by atoms with Crippen LogP contribution in [0.2, 0.25) is 0 Å². The molecule has 4 rings (SSSR count). The molecule has 0 spiro atoms. The van der Waals surface area contributed by atoms with Gasteiger partial charge < -0.3 is 16.0 Å². The number of alkyl halides is 3. The number of pyridine rings is 1. The van der Waals surface area contributed by atoms with Crippen molar-refractivity contribution in [1.82, 2.24) is 24.7 Å². The molecule has 0 aliphatic heterocycles. The first-order valence-electron chi connectivity index (χ1n) is 10.4. The Hall–Kier alpha value is -4.88. The molecule has 14 heteroatoms. The molecule has 0 atom stereocenters. The normalized spacial score (nSPS) is 11.2. The van der Waals surface area contributed by atoms with Gasteiger partial charge in [-0.1, -0.05) is 6.58 Å². The number of carbonyl (C=O) groups excluding carboxylic acids is 1. The first-order valence-corrected chi connectivity index (χ1v) is 10.4. The zero-order chi connectivity index (χ0) is 26.7. The quantitative estimate of drug-likeness (QED) is 0.229. The third-order valence-corrected chi connectivity index (χ3v) is 4.84. The summed E-state index contributed by atoms with van der Waals surface area (Å²) in [4.78, 5) is 23.2. The highest BCUT2D eigenvalue weighted by molar-refractivity contribution is 5.99. The molecular formula is C23H17F5N8O. The maximum absolute atomic E-state index is 14.6. The van der Waals surface area contributed by atoms with Crippen LogP contribution < -0.4 is 16.0 Å². The summed E-state index contributed by atoms with van der Waals surface area (Å²) in [6.07, 6.45) is 1.18. The van der Waals surface area contributed by atoms with Gasteiger partial charge in [-0.3, -0.25) is 9.48 Å². The van der Waals surface area contributed by atoms with Gasteiger partial charge in [0.2, 0.25) is 11.9 Å². The second-order valence-electron chi connectivity index (χ2n) is 7.55. The predicted octanol–water partition coefficient (Wildman–Crippen LogP) is 5.18. The van der Waals surface area contributed by atoms with Gasteiger partial charge in [0.25, 0.3) is 0 Å². The number of halogens is 5. The van der Waals surface area contributed by atoms with Gasteiger partial charge in [0.05, 0.1) is 17.6 Å². The summed E-state index contributed by atoms with van der Waals surface area (Å²) in [5.74, 6) is -2.94. The Morgan fingerprint density at radius 2 is 1.81 bits per heavy atom. The Balaban J connectivity index is 1.77. The lowest BCUT2D eigenvalue weighted by molar-refractivity contribution is -0.143. The fourth-order valence-corrected chi connectivity index (χ4v) is 3.18. The van der Waals surface area contributed by atoms with E-state index in [1.807, 2.05) is 0 Å². The third-order valence-electron chi connectivity index (χ3n) is 4.84. The van der Waals surface area contributed by atoms with E-state index >= 15 is 0 Å². The van der Waals surface area contributed by atoms with Crippen molar-refractivity contribution in [2.75, 3.05) is 16.0 Å². The van der Waals surface area contributed by atoms with Gasteiger partial charge in [-0.25, -0.2) is 18.7 Å². The Morgan fingerprint density at radius 3 is 2.46 bits per heavy atom. The summed E-state index contributed by atoms with van der Waals surface area (Å²) in [7, 11) is 1.69. The van der Waals surface area contributed by atoms with E-state index in [4.69, 9.17) is 0 Å². The molecule has 0 fully saturated rings. The summed E-state index contributed by atoms with van der Waals surface area (Å²) in [6, 6.07) is 4.29. The number of rotatable bonds is 7. The van der Waals surface area contributed by atoms with E-state index < -0.39 is 29.4 Å². The minimum absolute atomic E-state index is 0.0242. The smallest absolute Gasteiger partial charge is 0.337 e. The van der Waals surface area contributed by atoms with Gasteiger partial charge in [-0.05, 0) is 30.3 Å². The predicted molar refractivity (Wildman–Crippen MR) is 125 cm³/mol. The number of anilines is 5. The van der Waals surface area contributed by atoms with E-state index in [9.17, 15) is 26.7 Å². The van der Waals surface area contributed by atoms with Crippen LogP contribution in [0.5, 0.6) is 0 Å². The van der Waals surface area contributed by atoms with Crippen LogP contribution in [0, 0.1) is 11.6 Å². The van der Waals surface area contributed by atoms with Crippen LogP contribution in [0.1, 0.15) is 5.69 Å². The van der Waals surface area contributed by atoms with Crippen LogP contribution in [0.3, 0.4) is 0 Å². The second kappa shape index (κ2) is 10.0. The summed E-state index contributed by atoms with van der Waals surface area (Å²) in [6.45, 7) is 3.35. The highest BCUT2D eigenvalue weighted by Crippen LogP contribution is 2.35. The van der Waals surface area contributed by atoms with Crippen molar-refractivity contribution in [3.05, 3.63) is 79.0 Å². The molecule has 9 nitrogen and oxygen atoms in total. The third kappa shape index (κ3) is 5.86. The lowest BCUT2D eigenvalue weighted by Crippen LogP contribution is -2.11. The van der Waals surface area contributed by atoms with Crippen molar-refractivity contribution >= 4 is 34.7 Å². The number of hydrogen-bond donors (Lipinski definition) is 3. The molecule has 3 aromatic heterocycles. The molecule has 0 saturated carbocycles. The second-order valence-corrected chi connectivity index (χ2v) is 7.55. The molecule has 0 radical (unpaired) electrons. The number of nitrogens with one attached hydrogen (secondary N) is 3. The van der Waals surface area contributed by atoms with Crippen LogP contribution in [0.15, 0.2) is 61.7 Å². The highest BCUT2D eigenvalue weighted by atomic mass is 19.4. The van der Waals surface area contributed by atoms with Gasteiger partial charge in [0.1, 0.15) is 11.6 Å². The van der Waals surface area contributed by atoms with Crippen LogP contribution in [-0.4, -0.2) is 30.6 Å². The average molecular weight is 516 g/mol. The molecule has 3 heterocycles. The van der Waals surface area contributed by atoms with E-state index in [1.165, 1.54) is 29.2 Å². The van der Waals surface area contributed by atoms with Crippen LogP contribution >= 0.6 is 0 Å². The SMILES string of the molecule is C=CC(=O)Nc1ccc(F)c(Nc2nc(Nc3cnn(C)c3)ncc2-c2cnc(C(F)(F)F)c(F)c2)c1. The molecule has 190 valence electrons. The molecule has 1 amide bonds. The Morgan fingerprint density at radius 1 is 1.03 bits per heavy atom. The Bertz CT molecular complexity index is 1480. The molecule has 0 aliphatic carbocycles. The van der Waals surface area contributed by atoms with Gasteiger partial charge >= 0.3 is 6.18 Å². The van der Waals surface area contributed by atoms with Crippen LogP contribution in [0.25, 0.3) is 11.1 Å². The average Bonchev–Trinajstić information content (AvgIpc) is 3.24. The van der Waals surface area contributed by atoms with Gasteiger partial charge in [-0.2, -0.15) is 23.3 Å². The summed E-state index contributed by atoms with van der Waals surface area (Å²) >= 11 is 0. The molecule has 4 aromatic rings. The summed E-state index contributed by atoms with van der Waals surface area (Å²) in [5.41, 5.74) is -1.16. The number of aromatic nitrogens is 5. The maximum atomic E-state index is 14.6. The van der Waals surface area contributed by atoms with Crippen molar-refractivity contribution in [2.45, 2.75) is 6.18 Å². The van der Waals surface area contributed by atoms with E-state index in [0.29, 0.717) is 11.8 Å². The molecule has 3 N–H and O–H groups in total. The van der Waals surface area contributed by atoms with Crippen molar-refractivity contribution in [3.63, 3.8) is 0 Å². The van der Waals surface area contributed by atoms with Gasteiger partial charge in [0, 0.05) is 42.5 Å². The zero-order valence-corrected chi connectivity index (χ0v) is 18.9. The molecule has 0 saturated heterocycles. The lowest BCUT2D eigenvalue weighted by atomic mass is 10.1. The molecule has 0 unspecified atom stereocenters. The number of aryl methyl sites for hydroxylation is 1. The molecule has 37 heavy (non-hydrogen) atoms. The zero-order valence-electron chi connectivity index (χ0n) is 18.9. The number of benzene rings is 1. The number of carbonyl (C=O) groups is 1. The van der Waals surface area contributed by atoms with E-state index in [2.05, 4.69) is 42.6 Å². The van der Waals surface area contributed by atoms with Crippen LogP contribution in [-0.2, 0) is 18.0 Å². The van der Waals surface area contributed by atoms with Crippen molar-refractivity contribution in [2.24, 2.45) is 7.05 Å². The topological polar surface area (TPSA) is 110 Å². The van der Waals surface area contributed by atoms with E-state index in [0.717, 1.165) is 18.3 Å². The van der Waals surface area contributed by atoms with Gasteiger partial charge in [-0.15, -0.1) is 0 Å². The highest BCUT2D eigenvalue weighted by Gasteiger charge is 2.36. The van der Waals surface area contributed by atoms with Crippen molar-refractivity contribution in [3.8, 4) is 11.1 Å². The Labute approximate surface area is 206 Å². The number of nitrogens with zero attached hydrogens (tertiary/aromatic N) is 5. The summed E-state index contributed by atoms with van der Waals surface area (Å²) < 4.78 is 69.4. The fraction of sp³-hybridized carbons (Fsp3) is 0.0870. The van der Waals surface area contributed by atoms with Crippen LogP contribution in [0.4, 0.5) is 50.8 Å². The molecule has 0 aliphatic rings. The van der Waals surface area contributed by atoms with E-state index in [1.54, 1.807) is 13.2 Å². The monoisotopic (exact) mass is 516 g/mol. The minimum atomic E-state index is -4.99. The minimum Gasteiger partial charge on any atom is -0.337 e. The van der Waals surface area contributed by atoms with Crippen molar-refractivity contribution in [1.29, 1.82) is 0 Å². The van der Waals surface area contributed by atoms with E-state index in [-0.39, 0.29) is 34.3 Å². The molecule has 0 bridgehead atoms. The molecular weight excluding hydrogens is 499 g/mol. The maximum Gasteiger partial charge on any atom is 0.436 e.